The fourth-order valence-corrected chi connectivity index (χ4v) is 1.30. The summed E-state index contributed by atoms with van der Waals surface area (Å²) in [5.74, 6) is 0. The van der Waals surface area contributed by atoms with Gasteiger partial charge in [-0.05, 0) is 5.56 Å². The van der Waals surface area contributed by atoms with Crippen molar-refractivity contribution in [2.75, 3.05) is 19.7 Å². The van der Waals surface area contributed by atoms with E-state index in [1.807, 2.05) is 30.3 Å². The molecule has 0 heterocycles. The molecule has 1 unspecified atom stereocenters. The maximum absolute atomic E-state index is 9.53. The van der Waals surface area contributed by atoms with Crippen molar-refractivity contribution >= 4 is 0 Å². The summed E-state index contributed by atoms with van der Waals surface area (Å²) in [7, 11) is 0. The first-order chi connectivity index (χ1) is 7.83. The van der Waals surface area contributed by atoms with Gasteiger partial charge in [0, 0.05) is 13.1 Å². The second-order valence-corrected chi connectivity index (χ2v) is 3.60. The standard InChI is InChI=1S/C13H19NO2/c1-2-8-14-9-13(15)11-16-10-12-6-4-3-5-7-12/h2-7,13-15H,1,8-11H2. The first kappa shape index (κ1) is 12.9. The molecular weight excluding hydrogens is 202 g/mol. The number of rotatable bonds is 8. The minimum absolute atomic E-state index is 0.346. The van der Waals surface area contributed by atoms with Gasteiger partial charge < -0.3 is 15.2 Å². The van der Waals surface area contributed by atoms with E-state index in [0.29, 0.717) is 26.3 Å². The van der Waals surface area contributed by atoms with Gasteiger partial charge in [0.2, 0.25) is 0 Å². The number of hydrogen-bond acceptors (Lipinski definition) is 3. The lowest BCUT2D eigenvalue weighted by molar-refractivity contribution is 0.0293. The van der Waals surface area contributed by atoms with E-state index in [4.69, 9.17) is 4.74 Å². The molecule has 0 fully saturated rings. The van der Waals surface area contributed by atoms with Crippen molar-refractivity contribution in [2.24, 2.45) is 0 Å². The Balaban J connectivity index is 2.08. The molecule has 0 aliphatic heterocycles. The molecule has 1 atom stereocenters. The third kappa shape index (κ3) is 5.66. The average Bonchev–Trinajstić information content (AvgIpc) is 2.31. The topological polar surface area (TPSA) is 41.5 Å². The van der Waals surface area contributed by atoms with Crippen LogP contribution in [0.25, 0.3) is 0 Å². The number of ether oxygens (including phenoxy) is 1. The predicted molar refractivity (Wildman–Crippen MR) is 65.2 cm³/mol. The predicted octanol–water partition coefficient (Wildman–Crippen LogP) is 1.34. The summed E-state index contributed by atoms with van der Waals surface area (Å²) in [5, 5.41) is 12.6. The second kappa shape index (κ2) is 8.05. The molecule has 16 heavy (non-hydrogen) atoms. The third-order valence-electron chi connectivity index (χ3n) is 2.09. The van der Waals surface area contributed by atoms with Crippen LogP contribution in [0.3, 0.4) is 0 Å². The molecule has 0 aliphatic carbocycles. The van der Waals surface area contributed by atoms with Gasteiger partial charge in [-0.1, -0.05) is 36.4 Å². The Morgan fingerprint density at radius 1 is 1.38 bits per heavy atom. The van der Waals surface area contributed by atoms with Gasteiger partial charge >= 0.3 is 0 Å². The first-order valence-corrected chi connectivity index (χ1v) is 5.44. The largest absolute Gasteiger partial charge is 0.389 e. The molecule has 0 bridgehead atoms. The molecule has 3 nitrogen and oxygen atoms in total. The van der Waals surface area contributed by atoms with Gasteiger partial charge in [0.25, 0.3) is 0 Å². The molecular formula is C13H19NO2. The fourth-order valence-electron chi connectivity index (χ4n) is 1.30. The van der Waals surface area contributed by atoms with Crippen molar-refractivity contribution in [3.05, 3.63) is 48.6 Å². The molecule has 0 aromatic heterocycles. The van der Waals surface area contributed by atoms with E-state index in [1.165, 1.54) is 0 Å². The van der Waals surface area contributed by atoms with Crippen LogP contribution < -0.4 is 5.32 Å². The highest BCUT2D eigenvalue weighted by atomic mass is 16.5. The van der Waals surface area contributed by atoms with Gasteiger partial charge in [0.1, 0.15) is 0 Å². The molecule has 0 radical (unpaired) electrons. The molecule has 1 aromatic carbocycles. The van der Waals surface area contributed by atoms with Crippen molar-refractivity contribution in [1.82, 2.24) is 5.32 Å². The zero-order valence-corrected chi connectivity index (χ0v) is 9.43. The van der Waals surface area contributed by atoms with E-state index < -0.39 is 6.10 Å². The van der Waals surface area contributed by atoms with Crippen LogP contribution in [0.2, 0.25) is 0 Å². The molecule has 1 aromatic rings. The lowest BCUT2D eigenvalue weighted by atomic mass is 10.2. The zero-order chi connectivity index (χ0) is 11.6. The summed E-state index contributed by atoms with van der Waals surface area (Å²) < 4.78 is 5.40. The summed E-state index contributed by atoms with van der Waals surface area (Å²) >= 11 is 0. The lowest BCUT2D eigenvalue weighted by Crippen LogP contribution is -2.30. The quantitative estimate of drug-likeness (QED) is 0.514. The van der Waals surface area contributed by atoms with Crippen molar-refractivity contribution in [1.29, 1.82) is 0 Å². The van der Waals surface area contributed by atoms with Crippen LogP contribution in [-0.4, -0.2) is 30.9 Å². The lowest BCUT2D eigenvalue weighted by Gasteiger charge is -2.11. The number of benzene rings is 1. The molecule has 1 rings (SSSR count). The van der Waals surface area contributed by atoms with Crippen molar-refractivity contribution < 1.29 is 9.84 Å². The van der Waals surface area contributed by atoms with Crippen molar-refractivity contribution in [2.45, 2.75) is 12.7 Å². The molecule has 2 N–H and O–H groups in total. The molecule has 0 aliphatic rings. The van der Waals surface area contributed by atoms with E-state index in [-0.39, 0.29) is 0 Å². The maximum atomic E-state index is 9.53. The Bertz CT molecular complexity index is 287. The monoisotopic (exact) mass is 221 g/mol. The van der Waals surface area contributed by atoms with E-state index in [0.717, 1.165) is 5.56 Å². The van der Waals surface area contributed by atoms with Crippen LogP contribution in [0.5, 0.6) is 0 Å². The van der Waals surface area contributed by atoms with Crippen LogP contribution in [0.4, 0.5) is 0 Å². The summed E-state index contributed by atoms with van der Waals surface area (Å²) in [5.41, 5.74) is 1.12. The van der Waals surface area contributed by atoms with Crippen LogP contribution in [0, 0.1) is 0 Å². The summed E-state index contributed by atoms with van der Waals surface area (Å²) in [6, 6.07) is 9.92. The molecule has 0 amide bonds. The van der Waals surface area contributed by atoms with Crippen LogP contribution in [-0.2, 0) is 11.3 Å². The third-order valence-corrected chi connectivity index (χ3v) is 2.09. The minimum Gasteiger partial charge on any atom is -0.389 e. The van der Waals surface area contributed by atoms with Gasteiger partial charge in [0.15, 0.2) is 0 Å². The highest BCUT2D eigenvalue weighted by molar-refractivity contribution is 5.13. The highest BCUT2D eigenvalue weighted by Crippen LogP contribution is 2.00. The van der Waals surface area contributed by atoms with E-state index in [2.05, 4.69) is 11.9 Å². The molecule has 0 saturated heterocycles. The van der Waals surface area contributed by atoms with Gasteiger partial charge in [-0.15, -0.1) is 6.58 Å². The number of aliphatic hydroxyl groups is 1. The van der Waals surface area contributed by atoms with Crippen molar-refractivity contribution in [3.63, 3.8) is 0 Å². The fraction of sp³-hybridized carbons (Fsp3) is 0.385. The highest BCUT2D eigenvalue weighted by Gasteiger charge is 2.02. The number of aliphatic hydroxyl groups excluding tert-OH is 1. The van der Waals surface area contributed by atoms with E-state index in [1.54, 1.807) is 6.08 Å². The Labute approximate surface area is 96.8 Å². The maximum Gasteiger partial charge on any atom is 0.0897 e. The van der Waals surface area contributed by atoms with Gasteiger partial charge in [-0.3, -0.25) is 0 Å². The number of nitrogens with one attached hydrogen (secondary N) is 1. The Morgan fingerprint density at radius 3 is 2.81 bits per heavy atom. The van der Waals surface area contributed by atoms with Crippen LogP contribution >= 0.6 is 0 Å². The minimum atomic E-state index is -0.469. The first-order valence-electron chi connectivity index (χ1n) is 5.44. The molecule has 0 spiro atoms. The van der Waals surface area contributed by atoms with Gasteiger partial charge in [0.05, 0.1) is 19.3 Å². The van der Waals surface area contributed by atoms with Crippen LogP contribution in [0.15, 0.2) is 43.0 Å². The average molecular weight is 221 g/mol. The molecule has 88 valence electrons. The SMILES string of the molecule is C=CCNCC(O)COCc1ccccc1. The summed E-state index contributed by atoms with van der Waals surface area (Å²) in [4.78, 5) is 0. The van der Waals surface area contributed by atoms with Crippen molar-refractivity contribution in [3.8, 4) is 0 Å². The van der Waals surface area contributed by atoms with Gasteiger partial charge in [-0.25, -0.2) is 0 Å². The Hall–Kier alpha value is -1.16. The normalized spacial score (nSPS) is 12.3. The number of hydrogen-bond donors (Lipinski definition) is 2. The molecule has 3 heteroatoms. The zero-order valence-electron chi connectivity index (χ0n) is 9.43. The van der Waals surface area contributed by atoms with E-state index in [9.17, 15) is 5.11 Å². The summed E-state index contributed by atoms with van der Waals surface area (Å²) in [6.07, 6.45) is 1.29. The Morgan fingerprint density at radius 2 is 2.12 bits per heavy atom. The second-order valence-electron chi connectivity index (χ2n) is 3.60. The van der Waals surface area contributed by atoms with Crippen LogP contribution in [0.1, 0.15) is 5.56 Å². The molecule has 0 saturated carbocycles. The Kier molecular flexibility index (Phi) is 6.49. The van der Waals surface area contributed by atoms with E-state index >= 15 is 0 Å². The van der Waals surface area contributed by atoms with Gasteiger partial charge in [-0.2, -0.15) is 0 Å². The summed E-state index contributed by atoms with van der Waals surface area (Å²) in [6.45, 7) is 5.70. The smallest absolute Gasteiger partial charge is 0.0897 e.